The zero-order chi connectivity index (χ0) is 17.9. The van der Waals surface area contributed by atoms with Gasteiger partial charge in [-0.1, -0.05) is 17.4 Å². The highest BCUT2D eigenvalue weighted by atomic mass is 32.1. The number of para-hydroxylation sites is 1. The van der Waals surface area contributed by atoms with Gasteiger partial charge in [0, 0.05) is 25.5 Å². The Kier molecular flexibility index (Phi) is 4.49. The molecule has 132 valence electrons. The number of carbonyl (C=O) groups excluding carboxylic acids is 1. The van der Waals surface area contributed by atoms with E-state index >= 15 is 0 Å². The van der Waals surface area contributed by atoms with Crippen LogP contribution in [0.3, 0.4) is 0 Å². The van der Waals surface area contributed by atoms with E-state index in [1.165, 1.54) is 23.7 Å². The second-order valence-electron chi connectivity index (χ2n) is 5.67. The first-order chi connectivity index (χ1) is 12.7. The number of aromatic nitrogens is 3. The molecule has 0 saturated heterocycles. The summed E-state index contributed by atoms with van der Waals surface area (Å²) in [5, 5.41) is 0.456. The number of halogens is 1. The van der Waals surface area contributed by atoms with Gasteiger partial charge >= 0.3 is 0 Å². The summed E-state index contributed by atoms with van der Waals surface area (Å²) in [5.41, 5.74) is 0.277. The Morgan fingerprint density at radius 3 is 2.96 bits per heavy atom. The Balaban J connectivity index is 1.62. The first-order valence-corrected chi connectivity index (χ1v) is 8.90. The monoisotopic (exact) mass is 370 g/mol. The van der Waals surface area contributed by atoms with Crippen LogP contribution in [0.15, 0.2) is 59.7 Å². The average molecular weight is 370 g/mol. The molecule has 6 nitrogen and oxygen atoms in total. The second kappa shape index (κ2) is 7.09. The number of imidazole rings is 1. The lowest BCUT2D eigenvalue weighted by atomic mass is 10.3. The summed E-state index contributed by atoms with van der Waals surface area (Å²) >= 11 is 1.29. The Hall–Kier alpha value is -3.00. The Labute approximate surface area is 152 Å². The maximum absolute atomic E-state index is 14.0. The minimum absolute atomic E-state index is 0.229. The van der Waals surface area contributed by atoms with Gasteiger partial charge in [0.05, 0.1) is 17.3 Å². The number of amides is 1. The van der Waals surface area contributed by atoms with Gasteiger partial charge in [0.15, 0.2) is 10.9 Å². The molecular formula is C18H15FN4O2S. The zero-order valence-electron chi connectivity index (χ0n) is 13.7. The predicted octanol–water partition coefficient (Wildman–Crippen LogP) is 3.96. The molecule has 0 N–H and O–H groups in total. The van der Waals surface area contributed by atoms with Crippen molar-refractivity contribution in [1.82, 2.24) is 14.5 Å². The van der Waals surface area contributed by atoms with Crippen molar-refractivity contribution in [2.24, 2.45) is 0 Å². The number of benzene rings is 1. The van der Waals surface area contributed by atoms with Gasteiger partial charge in [-0.2, -0.15) is 0 Å². The molecule has 4 aromatic rings. The van der Waals surface area contributed by atoms with Crippen LogP contribution >= 0.6 is 11.3 Å². The highest BCUT2D eigenvalue weighted by molar-refractivity contribution is 7.22. The largest absolute Gasteiger partial charge is 0.459 e. The van der Waals surface area contributed by atoms with Crippen molar-refractivity contribution in [3.05, 3.63) is 66.9 Å². The molecular weight excluding hydrogens is 355 g/mol. The fourth-order valence-corrected chi connectivity index (χ4v) is 3.67. The Bertz CT molecular complexity index is 1010. The van der Waals surface area contributed by atoms with E-state index in [4.69, 9.17) is 4.42 Å². The fraction of sp³-hybridized carbons (Fsp3) is 0.167. The second-order valence-corrected chi connectivity index (χ2v) is 6.68. The number of aryl methyl sites for hydroxylation is 1. The van der Waals surface area contributed by atoms with Crippen molar-refractivity contribution in [3.63, 3.8) is 0 Å². The summed E-state index contributed by atoms with van der Waals surface area (Å²) in [6.45, 7) is 1.14. The van der Waals surface area contributed by atoms with Crippen LogP contribution in [0.5, 0.6) is 0 Å². The summed E-state index contributed by atoms with van der Waals surface area (Å²) in [7, 11) is 0. The van der Waals surface area contributed by atoms with Crippen LogP contribution in [-0.2, 0) is 6.54 Å². The number of fused-ring (bicyclic) bond motifs is 1. The SMILES string of the molecule is O=C(c1ccco1)N(CCCn1ccnc1)c1nc2c(F)cccc2s1. The lowest BCUT2D eigenvalue weighted by Gasteiger charge is -2.18. The summed E-state index contributed by atoms with van der Waals surface area (Å²) < 4.78 is 21.9. The number of hydrogen-bond donors (Lipinski definition) is 0. The van der Waals surface area contributed by atoms with E-state index in [0.29, 0.717) is 29.3 Å². The Morgan fingerprint density at radius 2 is 2.23 bits per heavy atom. The molecule has 0 aliphatic heterocycles. The number of hydrogen-bond acceptors (Lipinski definition) is 5. The molecule has 0 saturated carbocycles. The summed E-state index contributed by atoms with van der Waals surface area (Å²) in [5.74, 6) is -0.457. The smallest absolute Gasteiger partial charge is 0.295 e. The van der Waals surface area contributed by atoms with Crippen molar-refractivity contribution >= 4 is 32.6 Å². The van der Waals surface area contributed by atoms with Crippen LogP contribution in [-0.4, -0.2) is 27.0 Å². The lowest BCUT2D eigenvalue weighted by molar-refractivity contribution is 0.0959. The summed E-state index contributed by atoms with van der Waals surface area (Å²) in [4.78, 5) is 22.7. The molecule has 4 rings (SSSR count). The molecule has 0 spiro atoms. The third-order valence-corrected chi connectivity index (χ3v) is 4.97. The van der Waals surface area contributed by atoms with Crippen molar-refractivity contribution in [2.75, 3.05) is 11.4 Å². The lowest BCUT2D eigenvalue weighted by Crippen LogP contribution is -2.32. The predicted molar refractivity (Wildman–Crippen MR) is 96.8 cm³/mol. The van der Waals surface area contributed by atoms with Crippen molar-refractivity contribution < 1.29 is 13.6 Å². The van der Waals surface area contributed by atoms with E-state index in [0.717, 1.165) is 0 Å². The Morgan fingerprint density at radius 1 is 1.31 bits per heavy atom. The number of rotatable bonds is 6. The third kappa shape index (κ3) is 3.23. The first-order valence-electron chi connectivity index (χ1n) is 8.08. The van der Waals surface area contributed by atoms with E-state index in [2.05, 4.69) is 9.97 Å². The van der Waals surface area contributed by atoms with Gasteiger partial charge in [0.2, 0.25) is 0 Å². The fourth-order valence-electron chi connectivity index (χ4n) is 2.67. The van der Waals surface area contributed by atoms with Crippen LogP contribution in [0.2, 0.25) is 0 Å². The standard InChI is InChI=1S/C18H15FN4O2S/c19-13-4-1-6-15-16(13)21-18(26-15)23(17(24)14-5-2-11-25-14)9-3-8-22-10-7-20-12-22/h1-2,4-7,10-12H,3,8-9H2. The summed E-state index contributed by atoms with van der Waals surface area (Å²) in [6, 6.07) is 8.07. The molecule has 3 heterocycles. The summed E-state index contributed by atoms with van der Waals surface area (Å²) in [6.07, 6.45) is 7.45. The van der Waals surface area contributed by atoms with Crippen molar-refractivity contribution in [1.29, 1.82) is 0 Å². The van der Waals surface area contributed by atoms with Crippen LogP contribution in [0.1, 0.15) is 17.0 Å². The van der Waals surface area contributed by atoms with Gasteiger partial charge in [0.1, 0.15) is 11.3 Å². The molecule has 8 heteroatoms. The zero-order valence-corrected chi connectivity index (χ0v) is 14.5. The van der Waals surface area contributed by atoms with Crippen LogP contribution in [0.25, 0.3) is 10.2 Å². The highest BCUT2D eigenvalue weighted by Crippen LogP contribution is 2.31. The molecule has 3 aromatic heterocycles. The van der Waals surface area contributed by atoms with Gasteiger partial charge < -0.3 is 8.98 Å². The molecule has 0 fully saturated rings. The van der Waals surface area contributed by atoms with Crippen LogP contribution in [0.4, 0.5) is 9.52 Å². The average Bonchev–Trinajstić information content (AvgIpc) is 3.39. The van der Waals surface area contributed by atoms with E-state index in [9.17, 15) is 9.18 Å². The number of anilines is 1. The molecule has 0 unspecified atom stereocenters. The minimum atomic E-state index is -0.395. The number of carbonyl (C=O) groups is 1. The van der Waals surface area contributed by atoms with Crippen LogP contribution < -0.4 is 4.90 Å². The van der Waals surface area contributed by atoms with E-state index in [1.54, 1.807) is 41.7 Å². The van der Waals surface area contributed by atoms with Crippen molar-refractivity contribution in [3.8, 4) is 0 Å². The molecule has 0 bridgehead atoms. The highest BCUT2D eigenvalue weighted by Gasteiger charge is 2.23. The maximum Gasteiger partial charge on any atom is 0.295 e. The molecule has 0 atom stereocenters. The molecule has 1 aromatic carbocycles. The van der Waals surface area contributed by atoms with Gasteiger partial charge in [0.25, 0.3) is 5.91 Å². The van der Waals surface area contributed by atoms with Gasteiger partial charge in [-0.15, -0.1) is 0 Å². The molecule has 0 aliphatic rings. The molecule has 0 aliphatic carbocycles. The topological polar surface area (TPSA) is 64.2 Å². The minimum Gasteiger partial charge on any atom is -0.459 e. The molecule has 1 amide bonds. The maximum atomic E-state index is 14.0. The number of nitrogens with zero attached hydrogens (tertiary/aromatic N) is 4. The van der Waals surface area contributed by atoms with Crippen molar-refractivity contribution in [2.45, 2.75) is 13.0 Å². The quantitative estimate of drug-likeness (QED) is 0.515. The molecule has 0 radical (unpaired) electrons. The van der Waals surface area contributed by atoms with Gasteiger partial charge in [-0.25, -0.2) is 14.4 Å². The van der Waals surface area contributed by atoms with E-state index in [1.807, 2.05) is 10.8 Å². The third-order valence-electron chi connectivity index (χ3n) is 3.92. The van der Waals surface area contributed by atoms with Crippen LogP contribution in [0, 0.1) is 5.82 Å². The van der Waals surface area contributed by atoms with E-state index < -0.39 is 5.82 Å². The van der Waals surface area contributed by atoms with E-state index in [-0.39, 0.29) is 17.2 Å². The molecule has 26 heavy (non-hydrogen) atoms. The number of furan rings is 1. The van der Waals surface area contributed by atoms with Gasteiger partial charge in [-0.05, 0) is 30.7 Å². The first kappa shape index (κ1) is 16.5. The number of thiazole rings is 1. The van der Waals surface area contributed by atoms with Gasteiger partial charge in [-0.3, -0.25) is 9.69 Å². The normalized spacial score (nSPS) is 11.1.